The van der Waals surface area contributed by atoms with E-state index in [2.05, 4.69) is 23.3 Å². The fourth-order valence-corrected chi connectivity index (χ4v) is 4.53. The number of hydrogen-bond donors (Lipinski definition) is 1. The van der Waals surface area contributed by atoms with Gasteiger partial charge in [0, 0.05) is 12.0 Å². The van der Waals surface area contributed by atoms with Crippen LogP contribution in [0.2, 0.25) is 0 Å². The zero-order valence-electron chi connectivity index (χ0n) is 14.3. The molecule has 8 heteroatoms. The molecule has 5 nitrogen and oxygen atoms in total. The average Bonchev–Trinajstić information content (AvgIpc) is 3.01. The van der Waals surface area contributed by atoms with Gasteiger partial charge < -0.3 is 9.15 Å². The van der Waals surface area contributed by atoms with Crippen molar-refractivity contribution in [1.29, 1.82) is 5.26 Å². The molecule has 1 aromatic heterocycles. The zero-order valence-corrected chi connectivity index (χ0v) is 15.2. The molecule has 0 spiro atoms. The summed E-state index contributed by atoms with van der Waals surface area (Å²) in [5.74, 6) is 0.565. The molecule has 3 rings (SSSR count). The first-order chi connectivity index (χ1) is 12.3. The predicted molar refractivity (Wildman–Crippen MR) is 92.2 cm³/mol. The van der Waals surface area contributed by atoms with Gasteiger partial charge in [-0.15, -0.1) is 4.72 Å². The van der Waals surface area contributed by atoms with Gasteiger partial charge in [0.2, 0.25) is 0 Å². The van der Waals surface area contributed by atoms with E-state index in [1.807, 2.05) is 12.1 Å². The summed E-state index contributed by atoms with van der Waals surface area (Å²) < 4.78 is 50.9. The van der Waals surface area contributed by atoms with E-state index < -0.39 is 17.6 Å². The van der Waals surface area contributed by atoms with Gasteiger partial charge in [-0.25, -0.2) is 0 Å². The van der Waals surface area contributed by atoms with Gasteiger partial charge in [0.1, 0.15) is 17.6 Å². The number of halogens is 2. The molecule has 0 radical (unpaired) electrons. The van der Waals surface area contributed by atoms with Crippen LogP contribution >= 0.6 is 0 Å². The molecule has 1 aromatic carbocycles. The summed E-state index contributed by atoms with van der Waals surface area (Å²) in [5.41, 5.74) is 0.743. The minimum atomic E-state index is -3.06. The van der Waals surface area contributed by atoms with E-state index in [1.165, 1.54) is 18.2 Å². The molecule has 138 valence electrons. The Morgan fingerprint density at radius 3 is 2.88 bits per heavy atom. The first-order valence-electron chi connectivity index (χ1n) is 8.08. The highest BCUT2D eigenvalue weighted by Crippen LogP contribution is 2.41. The maximum absolute atomic E-state index is 12.9. The van der Waals surface area contributed by atoms with E-state index in [1.54, 1.807) is 6.26 Å². The molecule has 1 aliphatic rings. The summed E-state index contributed by atoms with van der Waals surface area (Å²) >= 11 is 0. The zero-order chi connectivity index (χ0) is 18.9. The Bertz CT molecular complexity index is 874. The highest BCUT2D eigenvalue weighted by atomic mass is 32.2. The summed E-state index contributed by atoms with van der Waals surface area (Å²) in [6.07, 6.45) is 3.12. The minimum Gasteiger partial charge on any atom is -0.469 e. The van der Waals surface area contributed by atoms with Gasteiger partial charge in [0.25, 0.3) is 0 Å². The van der Waals surface area contributed by atoms with Crippen molar-refractivity contribution in [1.82, 2.24) is 4.72 Å². The molecule has 0 saturated carbocycles. The van der Waals surface area contributed by atoms with Crippen molar-refractivity contribution in [2.75, 3.05) is 0 Å². The Morgan fingerprint density at radius 1 is 1.42 bits per heavy atom. The fourth-order valence-electron chi connectivity index (χ4n) is 3.30. The molecule has 0 bridgehead atoms. The van der Waals surface area contributed by atoms with Gasteiger partial charge in [-0.1, -0.05) is 24.1 Å². The molecule has 26 heavy (non-hydrogen) atoms. The van der Waals surface area contributed by atoms with E-state index >= 15 is 0 Å². The maximum atomic E-state index is 12.9. The Morgan fingerprint density at radius 2 is 2.19 bits per heavy atom. The maximum Gasteiger partial charge on any atom is 0.387 e. The van der Waals surface area contributed by atoms with Crippen LogP contribution in [0.5, 0.6) is 5.75 Å². The highest BCUT2D eigenvalue weighted by Gasteiger charge is 2.37. The number of rotatable bonds is 5. The van der Waals surface area contributed by atoms with E-state index in [0.717, 1.165) is 24.2 Å². The normalized spacial score (nSPS) is 19.6. The molecule has 0 fully saturated rings. The third-order valence-electron chi connectivity index (χ3n) is 4.38. The Balaban J connectivity index is 1.89. The highest BCUT2D eigenvalue weighted by molar-refractivity contribution is 7.83. The molecular formula is C18H19F2N2O3S+. The fraction of sp³-hybridized carbons (Fsp3) is 0.389. The first kappa shape index (κ1) is 18.5. The molecule has 1 heterocycles. The van der Waals surface area contributed by atoms with Crippen LogP contribution in [0, 0.1) is 16.7 Å². The summed E-state index contributed by atoms with van der Waals surface area (Å²) in [7, 11) is -2.20. The lowest BCUT2D eigenvalue weighted by molar-refractivity contribution is -0.0501. The lowest BCUT2D eigenvalue weighted by Gasteiger charge is -2.33. The summed E-state index contributed by atoms with van der Waals surface area (Å²) in [4.78, 5) is 0.147. The quantitative estimate of drug-likeness (QED) is 0.627. The predicted octanol–water partition coefficient (Wildman–Crippen LogP) is 4.03. The van der Waals surface area contributed by atoms with Gasteiger partial charge in [0.15, 0.2) is 21.4 Å². The van der Waals surface area contributed by atoms with Crippen molar-refractivity contribution in [3.05, 3.63) is 47.4 Å². The number of alkyl halides is 2. The number of thiol groups is 1. The topological polar surface area (TPSA) is 75.3 Å². The number of furan rings is 1. The van der Waals surface area contributed by atoms with Crippen molar-refractivity contribution in [2.45, 2.75) is 44.2 Å². The number of nitrogens with zero attached hydrogens (tertiary/aromatic N) is 1. The molecule has 2 unspecified atom stereocenters. The molecular weight excluding hydrogens is 362 g/mol. The van der Waals surface area contributed by atoms with Crippen LogP contribution in [0.25, 0.3) is 0 Å². The van der Waals surface area contributed by atoms with E-state index in [4.69, 9.17) is 4.42 Å². The molecule has 2 aromatic rings. The largest absolute Gasteiger partial charge is 0.469 e. The van der Waals surface area contributed by atoms with Crippen LogP contribution in [0.15, 0.2) is 39.8 Å². The lowest BCUT2D eigenvalue weighted by atomic mass is 9.75. The first-order valence-corrected chi connectivity index (χ1v) is 9.34. The van der Waals surface area contributed by atoms with E-state index in [-0.39, 0.29) is 27.7 Å². The molecule has 1 aliphatic carbocycles. The second-order valence-electron chi connectivity index (χ2n) is 6.96. The second kappa shape index (κ2) is 7.17. The summed E-state index contributed by atoms with van der Waals surface area (Å²) in [6, 6.07) is 7.62. The third-order valence-corrected chi connectivity index (χ3v) is 5.73. The van der Waals surface area contributed by atoms with Gasteiger partial charge in [-0.2, -0.15) is 14.0 Å². The van der Waals surface area contributed by atoms with Crippen LogP contribution < -0.4 is 9.46 Å². The van der Waals surface area contributed by atoms with Gasteiger partial charge in [0.05, 0.1) is 12.3 Å². The molecule has 0 saturated heterocycles. The van der Waals surface area contributed by atoms with Gasteiger partial charge >= 0.3 is 6.61 Å². The minimum absolute atomic E-state index is 0.0443. The van der Waals surface area contributed by atoms with Crippen molar-refractivity contribution in [3.8, 4) is 11.8 Å². The number of fused-ring (bicyclic) bond motifs is 1. The third kappa shape index (κ3) is 3.79. The number of benzene rings is 1. The average molecular weight is 381 g/mol. The van der Waals surface area contributed by atoms with Crippen molar-refractivity contribution in [3.63, 3.8) is 0 Å². The monoisotopic (exact) mass is 381 g/mol. The molecule has 1 N–H and O–H groups in total. The van der Waals surface area contributed by atoms with Crippen LogP contribution in [-0.4, -0.2) is 6.61 Å². The lowest BCUT2D eigenvalue weighted by Crippen LogP contribution is -2.33. The summed E-state index contributed by atoms with van der Waals surface area (Å²) in [6.45, 7) is 1.13. The second-order valence-corrected chi connectivity index (χ2v) is 8.29. The number of ether oxygens (including phenoxy) is 1. The molecule has 0 amide bonds. The Kier molecular flexibility index (Phi) is 5.12. The number of hydrogen-bond acceptors (Lipinski definition) is 4. The Hall–Kier alpha value is -2.24. The van der Waals surface area contributed by atoms with Gasteiger partial charge in [-0.05, 0) is 30.0 Å². The van der Waals surface area contributed by atoms with Crippen LogP contribution in [0.1, 0.15) is 43.2 Å². The molecule has 2 atom stereocenters. The van der Waals surface area contributed by atoms with E-state index in [9.17, 15) is 18.3 Å². The van der Waals surface area contributed by atoms with Crippen molar-refractivity contribution < 1.29 is 22.1 Å². The standard InChI is InChI=1S/C18H18F2N2O3S/c1-18(2)8-13(11-6-7-24-15(11)9-18)22-26(23)16-5-3-4-14(12(16)10-21)25-17(19)20/h3-7,13,17H,8-9H2,1-2H3,(H,22,23)/p+1. The molecule has 0 aliphatic heterocycles. The number of nitriles is 1. The summed E-state index contributed by atoms with van der Waals surface area (Å²) in [5, 5.41) is 9.33. The Labute approximate surface area is 152 Å². The SMILES string of the molecule is CC1(C)Cc2occc2C(N[SH+](=O)c2cccc(OC(F)F)c2C#N)C1. The van der Waals surface area contributed by atoms with Crippen LogP contribution in [0.4, 0.5) is 8.78 Å². The van der Waals surface area contributed by atoms with Crippen LogP contribution in [0.3, 0.4) is 0 Å². The smallest absolute Gasteiger partial charge is 0.387 e. The van der Waals surface area contributed by atoms with Gasteiger partial charge in [-0.3, -0.25) is 0 Å². The van der Waals surface area contributed by atoms with Crippen LogP contribution in [-0.2, 0) is 21.6 Å². The van der Waals surface area contributed by atoms with Crippen molar-refractivity contribution >= 4 is 11.0 Å². The van der Waals surface area contributed by atoms with Crippen molar-refractivity contribution in [2.24, 2.45) is 5.41 Å². The number of nitrogens with one attached hydrogen (secondary N) is 1. The van der Waals surface area contributed by atoms with E-state index in [0.29, 0.717) is 0 Å².